The minimum Gasteiger partial charge on any atom is -0.421 e. The first-order valence-electron chi connectivity index (χ1n) is 8.96. The highest BCUT2D eigenvalue weighted by Gasteiger charge is 2.11. The van der Waals surface area contributed by atoms with Crippen molar-refractivity contribution in [2.24, 2.45) is 0 Å². The largest absolute Gasteiger partial charge is 0.421 e. The lowest BCUT2D eigenvalue weighted by molar-refractivity contribution is -0.116. The molecule has 0 unspecified atom stereocenters. The second-order valence-corrected chi connectivity index (χ2v) is 7.12. The molecule has 0 bridgehead atoms. The summed E-state index contributed by atoms with van der Waals surface area (Å²) in [5.74, 6) is 0.893. The van der Waals surface area contributed by atoms with Crippen LogP contribution in [0.3, 0.4) is 0 Å². The minimum absolute atomic E-state index is 0.0716. The normalized spacial score (nSPS) is 11.1. The first-order chi connectivity index (χ1) is 13.2. The number of fused-ring (bicyclic) bond motifs is 1. The number of nitrogens with zero attached hydrogens (tertiary/aromatic N) is 3. The number of amides is 1. The Bertz CT molecular complexity index is 1050. The summed E-state index contributed by atoms with van der Waals surface area (Å²) in [7, 11) is 0. The SMILES string of the molecule is CCCn1ccc2cc(NC(=O)CCc3nnc(-c4ccsc4)o3)ccc21. The third-order valence-corrected chi connectivity index (χ3v) is 5.00. The van der Waals surface area contributed by atoms with Crippen molar-refractivity contribution in [2.45, 2.75) is 32.7 Å². The zero-order chi connectivity index (χ0) is 18.6. The summed E-state index contributed by atoms with van der Waals surface area (Å²) in [6, 6.07) is 9.99. The molecule has 1 N–H and O–H groups in total. The Morgan fingerprint density at radius 2 is 2.19 bits per heavy atom. The van der Waals surface area contributed by atoms with E-state index in [4.69, 9.17) is 4.42 Å². The van der Waals surface area contributed by atoms with Gasteiger partial charge in [0, 0.05) is 53.1 Å². The highest BCUT2D eigenvalue weighted by atomic mass is 32.1. The quantitative estimate of drug-likeness (QED) is 0.503. The average molecular weight is 380 g/mol. The van der Waals surface area contributed by atoms with E-state index in [1.807, 2.05) is 35.0 Å². The van der Waals surface area contributed by atoms with Gasteiger partial charge in [0.25, 0.3) is 0 Å². The second-order valence-electron chi connectivity index (χ2n) is 6.34. The molecular weight excluding hydrogens is 360 g/mol. The summed E-state index contributed by atoms with van der Waals surface area (Å²) >= 11 is 1.57. The molecule has 0 aliphatic rings. The lowest BCUT2D eigenvalue weighted by Gasteiger charge is -2.06. The fourth-order valence-corrected chi connectivity index (χ4v) is 3.64. The van der Waals surface area contributed by atoms with Crippen molar-refractivity contribution < 1.29 is 9.21 Å². The number of aryl methyl sites for hydroxylation is 2. The highest BCUT2D eigenvalue weighted by Crippen LogP contribution is 2.22. The summed E-state index contributed by atoms with van der Waals surface area (Å²) in [5, 5.41) is 16.0. The molecule has 1 amide bonds. The number of thiophene rings is 1. The van der Waals surface area contributed by atoms with Gasteiger partial charge in [0.1, 0.15) is 0 Å². The van der Waals surface area contributed by atoms with Crippen LogP contribution < -0.4 is 5.32 Å². The van der Waals surface area contributed by atoms with Gasteiger partial charge in [-0.1, -0.05) is 6.92 Å². The molecule has 0 atom stereocenters. The van der Waals surface area contributed by atoms with Crippen LogP contribution in [0.1, 0.15) is 25.7 Å². The van der Waals surface area contributed by atoms with Gasteiger partial charge >= 0.3 is 0 Å². The number of rotatable bonds is 7. The third kappa shape index (κ3) is 3.93. The van der Waals surface area contributed by atoms with Gasteiger partial charge < -0.3 is 14.3 Å². The molecule has 0 fully saturated rings. The molecule has 0 spiro atoms. The molecule has 138 valence electrons. The number of hydrogen-bond donors (Lipinski definition) is 1. The molecule has 27 heavy (non-hydrogen) atoms. The predicted molar refractivity (Wildman–Crippen MR) is 107 cm³/mol. The van der Waals surface area contributed by atoms with Gasteiger partial charge in [0.2, 0.25) is 17.7 Å². The fraction of sp³-hybridized carbons (Fsp3) is 0.250. The van der Waals surface area contributed by atoms with E-state index in [0.717, 1.165) is 29.6 Å². The summed E-state index contributed by atoms with van der Waals surface area (Å²) in [6.07, 6.45) is 3.88. The van der Waals surface area contributed by atoms with Crippen LogP contribution in [-0.2, 0) is 17.8 Å². The standard InChI is InChI=1S/C20H20N4O2S/c1-2-9-24-10-7-14-12-16(3-4-17(14)24)21-18(25)5-6-19-22-23-20(26-19)15-8-11-27-13-15/h3-4,7-8,10-13H,2,5-6,9H2,1H3,(H,21,25). The Kier molecular flexibility index (Phi) is 5.02. The van der Waals surface area contributed by atoms with Crippen molar-refractivity contribution in [2.75, 3.05) is 5.32 Å². The van der Waals surface area contributed by atoms with Crippen LogP contribution in [0, 0.1) is 0 Å². The molecule has 3 aromatic heterocycles. The topological polar surface area (TPSA) is 73.0 Å². The fourth-order valence-electron chi connectivity index (χ4n) is 3.02. The van der Waals surface area contributed by atoms with Crippen molar-refractivity contribution in [1.82, 2.24) is 14.8 Å². The second kappa shape index (κ2) is 7.75. The molecule has 0 aliphatic heterocycles. The number of carbonyl (C=O) groups excluding carboxylic acids is 1. The van der Waals surface area contributed by atoms with Crippen molar-refractivity contribution in [3.05, 3.63) is 53.2 Å². The molecule has 0 saturated carbocycles. The van der Waals surface area contributed by atoms with E-state index in [9.17, 15) is 4.79 Å². The van der Waals surface area contributed by atoms with Crippen molar-refractivity contribution in [3.63, 3.8) is 0 Å². The van der Waals surface area contributed by atoms with Crippen LogP contribution in [0.15, 0.2) is 51.7 Å². The number of aromatic nitrogens is 3. The molecule has 7 heteroatoms. The first-order valence-corrected chi connectivity index (χ1v) is 9.91. The van der Waals surface area contributed by atoms with E-state index in [1.165, 1.54) is 5.52 Å². The van der Waals surface area contributed by atoms with Crippen LogP contribution in [0.5, 0.6) is 0 Å². The molecule has 4 aromatic rings. The van der Waals surface area contributed by atoms with Gasteiger partial charge in [-0.25, -0.2) is 0 Å². The first kappa shape index (κ1) is 17.5. The van der Waals surface area contributed by atoms with E-state index in [1.54, 1.807) is 11.3 Å². The van der Waals surface area contributed by atoms with E-state index in [0.29, 0.717) is 24.6 Å². The number of hydrogen-bond acceptors (Lipinski definition) is 5. The van der Waals surface area contributed by atoms with Crippen molar-refractivity contribution in [3.8, 4) is 11.5 Å². The third-order valence-electron chi connectivity index (χ3n) is 4.32. The Morgan fingerprint density at radius 1 is 1.26 bits per heavy atom. The van der Waals surface area contributed by atoms with E-state index >= 15 is 0 Å². The molecule has 1 aromatic carbocycles. The maximum atomic E-state index is 12.3. The Hall–Kier alpha value is -2.93. The number of carbonyl (C=O) groups is 1. The lowest BCUT2D eigenvalue weighted by Crippen LogP contribution is -2.12. The summed E-state index contributed by atoms with van der Waals surface area (Å²) in [5.41, 5.74) is 2.89. The van der Waals surface area contributed by atoms with Crippen LogP contribution in [0.2, 0.25) is 0 Å². The van der Waals surface area contributed by atoms with Crippen molar-refractivity contribution in [1.29, 1.82) is 0 Å². The zero-order valence-electron chi connectivity index (χ0n) is 15.0. The maximum Gasteiger partial charge on any atom is 0.248 e. The highest BCUT2D eigenvalue weighted by molar-refractivity contribution is 7.08. The smallest absolute Gasteiger partial charge is 0.248 e. The van der Waals surface area contributed by atoms with Crippen LogP contribution in [0.25, 0.3) is 22.4 Å². The molecule has 0 aliphatic carbocycles. The number of benzene rings is 1. The summed E-state index contributed by atoms with van der Waals surface area (Å²) < 4.78 is 7.84. The zero-order valence-corrected chi connectivity index (χ0v) is 15.8. The van der Waals surface area contributed by atoms with E-state index in [2.05, 4.69) is 39.3 Å². The van der Waals surface area contributed by atoms with Gasteiger partial charge in [0.15, 0.2) is 0 Å². The van der Waals surface area contributed by atoms with Crippen LogP contribution >= 0.6 is 11.3 Å². The van der Waals surface area contributed by atoms with Crippen LogP contribution in [-0.4, -0.2) is 20.7 Å². The monoisotopic (exact) mass is 380 g/mol. The maximum absolute atomic E-state index is 12.3. The number of anilines is 1. The van der Waals surface area contributed by atoms with Gasteiger partial charge in [0.05, 0.1) is 0 Å². The van der Waals surface area contributed by atoms with Crippen LogP contribution in [0.4, 0.5) is 5.69 Å². The lowest BCUT2D eigenvalue weighted by atomic mass is 10.2. The summed E-state index contributed by atoms with van der Waals surface area (Å²) in [6.45, 7) is 3.15. The molecular formula is C20H20N4O2S. The Balaban J connectivity index is 1.36. The summed E-state index contributed by atoms with van der Waals surface area (Å²) in [4.78, 5) is 12.3. The molecule has 4 rings (SSSR count). The average Bonchev–Trinajstić information content (AvgIpc) is 3.41. The van der Waals surface area contributed by atoms with Gasteiger partial charge in [-0.15, -0.1) is 10.2 Å². The number of nitrogens with one attached hydrogen (secondary N) is 1. The van der Waals surface area contributed by atoms with Gasteiger partial charge in [-0.3, -0.25) is 4.79 Å². The molecule has 3 heterocycles. The molecule has 6 nitrogen and oxygen atoms in total. The molecule has 0 saturated heterocycles. The Morgan fingerprint density at radius 3 is 3.00 bits per heavy atom. The van der Waals surface area contributed by atoms with Gasteiger partial charge in [-0.05, 0) is 42.1 Å². The Labute approximate surface area is 160 Å². The minimum atomic E-state index is -0.0716. The molecule has 0 radical (unpaired) electrons. The van der Waals surface area contributed by atoms with Crippen molar-refractivity contribution >= 4 is 33.8 Å². The van der Waals surface area contributed by atoms with E-state index < -0.39 is 0 Å². The van der Waals surface area contributed by atoms with E-state index in [-0.39, 0.29) is 5.91 Å². The van der Waals surface area contributed by atoms with Gasteiger partial charge in [-0.2, -0.15) is 11.3 Å². The predicted octanol–water partition coefficient (Wildman–Crippen LogP) is 4.73.